The lowest BCUT2D eigenvalue weighted by Gasteiger charge is -2.29. The van der Waals surface area contributed by atoms with Crippen LogP contribution in [0.5, 0.6) is 0 Å². The molecule has 1 saturated carbocycles. The zero-order valence-electron chi connectivity index (χ0n) is 11.6. The van der Waals surface area contributed by atoms with Gasteiger partial charge in [-0.05, 0) is 30.6 Å². The van der Waals surface area contributed by atoms with Crippen molar-refractivity contribution in [1.29, 1.82) is 0 Å². The maximum atomic E-state index is 11.9. The van der Waals surface area contributed by atoms with Crippen LogP contribution in [0.4, 0.5) is 0 Å². The second kappa shape index (κ2) is 6.39. The predicted octanol–water partition coefficient (Wildman–Crippen LogP) is 2.45. The topological polar surface area (TPSA) is 55.1 Å². The van der Waals surface area contributed by atoms with Gasteiger partial charge in [0.15, 0.2) is 0 Å². The molecular formula is C14H28N2O. The smallest absolute Gasteiger partial charge is 0.237 e. The zero-order chi connectivity index (χ0) is 12.9. The van der Waals surface area contributed by atoms with Gasteiger partial charge >= 0.3 is 0 Å². The summed E-state index contributed by atoms with van der Waals surface area (Å²) in [5.41, 5.74) is 6.28. The van der Waals surface area contributed by atoms with E-state index >= 15 is 0 Å². The Morgan fingerprint density at radius 3 is 2.41 bits per heavy atom. The van der Waals surface area contributed by atoms with Gasteiger partial charge in [0.1, 0.15) is 0 Å². The van der Waals surface area contributed by atoms with E-state index in [-0.39, 0.29) is 17.9 Å². The van der Waals surface area contributed by atoms with Crippen molar-refractivity contribution in [3.63, 3.8) is 0 Å². The summed E-state index contributed by atoms with van der Waals surface area (Å²) >= 11 is 0. The number of nitrogens with two attached hydrogens (primary N) is 1. The van der Waals surface area contributed by atoms with E-state index in [2.05, 4.69) is 19.2 Å². The first-order chi connectivity index (χ1) is 8.04. The van der Waals surface area contributed by atoms with Gasteiger partial charge in [-0.2, -0.15) is 0 Å². The lowest BCUT2D eigenvalue weighted by molar-refractivity contribution is -0.123. The summed E-state index contributed by atoms with van der Waals surface area (Å²) < 4.78 is 0. The number of hydrogen-bond donors (Lipinski definition) is 2. The molecule has 3 nitrogen and oxygen atoms in total. The summed E-state index contributed by atoms with van der Waals surface area (Å²) in [5, 5.41) is 3.07. The van der Waals surface area contributed by atoms with Crippen molar-refractivity contribution in [2.75, 3.05) is 6.54 Å². The molecule has 0 aliphatic heterocycles. The van der Waals surface area contributed by atoms with Crippen LogP contribution >= 0.6 is 0 Å². The highest BCUT2D eigenvalue weighted by molar-refractivity contribution is 5.81. The summed E-state index contributed by atoms with van der Waals surface area (Å²) in [6.07, 6.45) is 7.23. The van der Waals surface area contributed by atoms with E-state index in [9.17, 15) is 4.79 Å². The number of carbonyl (C=O) groups is 1. The normalized spacial score (nSPS) is 22.1. The molecule has 1 aliphatic rings. The van der Waals surface area contributed by atoms with Gasteiger partial charge in [0, 0.05) is 6.54 Å². The minimum absolute atomic E-state index is 0.0269. The third kappa shape index (κ3) is 3.70. The molecule has 1 aliphatic carbocycles. The molecule has 0 heterocycles. The SMILES string of the molecule is CCC(C)C(N)C(=O)NCC1(CC)CCCC1. The largest absolute Gasteiger partial charge is 0.354 e. The second-order valence-corrected chi connectivity index (χ2v) is 5.69. The van der Waals surface area contributed by atoms with Crippen molar-refractivity contribution in [1.82, 2.24) is 5.32 Å². The summed E-state index contributed by atoms with van der Waals surface area (Å²) in [4.78, 5) is 11.9. The first kappa shape index (κ1) is 14.5. The maximum absolute atomic E-state index is 11.9. The molecule has 0 aromatic carbocycles. The standard InChI is InChI=1S/C14H28N2O/c1-4-11(3)12(15)13(17)16-10-14(5-2)8-6-7-9-14/h11-12H,4-10,15H2,1-3H3,(H,16,17). The molecule has 1 fully saturated rings. The van der Waals surface area contributed by atoms with Crippen LogP contribution in [0.25, 0.3) is 0 Å². The number of hydrogen-bond acceptors (Lipinski definition) is 2. The Bertz CT molecular complexity index is 247. The molecule has 100 valence electrons. The molecule has 0 saturated heterocycles. The monoisotopic (exact) mass is 240 g/mol. The molecular weight excluding hydrogens is 212 g/mol. The number of amides is 1. The molecule has 2 atom stereocenters. The maximum Gasteiger partial charge on any atom is 0.237 e. The van der Waals surface area contributed by atoms with Gasteiger partial charge in [-0.3, -0.25) is 4.79 Å². The van der Waals surface area contributed by atoms with Gasteiger partial charge < -0.3 is 11.1 Å². The van der Waals surface area contributed by atoms with Gasteiger partial charge in [0.2, 0.25) is 5.91 Å². The Morgan fingerprint density at radius 1 is 1.35 bits per heavy atom. The van der Waals surface area contributed by atoms with Crippen molar-refractivity contribution in [2.45, 2.75) is 65.3 Å². The predicted molar refractivity (Wildman–Crippen MR) is 71.6 cm³/mol. The van der Waals surface area contributed by atoms with Crippen molar-refractivity contribution in [2.24, 2.45) is 17.1 Å². The number of rotatable bonds is 6. The fourth-order valence-electron chi connectivity index (χ4n) is 2.69. The van der Waals surface area contributed by atoms with Gasteiger partial charge in [-0.1, -0.05) is 40.0 Å². The fourth-order valence-corrected chi connectivity index (χ4v) is 2.69. The van der Waals surface area contributed by atoms with E-state index in [1.165, 1.54) is 25.7 Å². The van der Waals surface area contributed by atoms with Gasteiger partial charge in [-0.25, -0.2) is 0 Å². The van der Waals surface area contributed by atoms with Crippen LogP contribution < -0.4 is 11.1 Å². The molecule has 0 aromatic rings. The van der Waals surface area contributed by atoms with Gasteiger partial charge in [-0.15, -0.1) is 0 Å². The van der Waals surface area contributed by atoms with Crippen LogP contribution in [0.1, 0.15) is 59.3 Å². The minimum Gasteiger partial charge on any atom is -0.354 e. The van der Waals surface area contributed by atoms with E-state index in [0.717, 1.165) is 19.4 Å². The van der Waals surface area contributed by atoms with Crippen molar-refractivity contribution in [3.05, 3.63) is 0 Å². The van der Waals surface area contributed by atoms with Crippen LogP contribution in [0.15, 0.2) is 0 Å². The quantitative estimate of drug-likeness (QED) is 0.749. The lowest BCUT2D eigenvalue weighted by atomic mass is 9.83. The fraction of sp³-hybridized carbons (Fsp3) is 0.929. The lowest BCUT2D eigenvalue weighted by Crippen LogP contribution is -2.47. The van der Waals surface area contributed by atoms with Crippen molar-refractivity contribution >= 4 is 5.91 Å². The van der Waals surface area contributed by atoms with Crippen LogP contribution in [0, 0.1) is 11.3 Å². The van der Waals surface area contributed by atoms with Crippen LogP contribution in [0.2, 0.25) is 0 Å². The molecule has 0 aromatic heterocycles. The summed E-state index contributed by atoms with van der Waals surface area (Å²) in [5.74, 6) is 0.287. The van der Waals surface area contributed by atoms with Crippen molar-refractivity contribution in [3.8, 4) is 0 Å². The van der Waals surface area contributed by atoms with Crippen LogP contribution in [0.3, 0.4) is 0 Å². The first-order valence-corrected chi connectivity index (χ1v) is 7.08. The Balaban J connectivity index is 2.41. The second-order valence-electron chi connectivity index (χ2n) is 5.69. The van der Waals surface area contributed by atoms with E-state index in [1.54, 1.807) is 0 Å². The molecule has 17 heavy (non-hydrogen) atoms. The highest BCUT2D eigenvalue weighted by Crippen LogP contribution is 2.40. The third-order valence-electron chi connectivity index (χ3n) is 4.61. The molecule has 1 rings (SSSR count). The van der Waals surface area contributed by atoms with Crippen molar-refractivity contribution < 1.29 is 4.79 Å². The Kier molecular flexibility index (Phi) is 5.44. The van der Waals surface area contributed by atoms with Crippen LogP contribution in [-0.2, 0) is 4.79 Å². The van der Waals surface area contributed by atoms with Crippen LogP contribution in [-0.4, -0.2) is 18.5 Å². The van der Waals surface area contributed by atoms with E-state index < -0.39 is 0 Å². The minimum atomic E-state index is -0.352. The molecule has 1 amide bonds. The highest BCUT2D eigenvalue weighted by atomic mass is 16.2. The molecule has 0 bridgehead atoms. The number of nitrogens with one attached hydrogen (secondary N) is 1. The molecule has 0 spiro atoms. The molecule has 2 unspecified atom stereocenters. The summed E-state index contributed by atoms with van der Waals surface area (Å²) in [6, 6.07) is -0.352. The average molecular weight is 240 g/mol. The third-order valence-corrected chi connectivity index (χ3v) is 4.61. The number of carbonyl (C=O) groups excluding carboxylic acids is 1. The van der Waals surface area contributed by atoms with Gasteiger partial charge in [0.05, 0.1) is 6.04 Å². The molecule has 3 heteroatoms. The van der Waals surface area contributed by atoms with Gasteiger partial charge in [0.25, 0.3) is 0 Å². The average Bonchev–Trinajstić information content (AvgIpc) is 2.83. The first-order valence-electron chi connectivity index (χ1n) is 7.08. The molecule has 3 N–H and O–H groups in total. The summed E-state index contributed by atoms with van der Waals surface area (Å²) in [7, 11) is 0. The highest BCUT2D eigenvalue weighted by Gasteiger charge is 2.32. The Labute approximate surface area is 106 Å². The summed E-state index contributed by atoms with van der Waals surface area (Å²) in [6.45, 7) is 7.15. The molecule has 0 radical (unpaired) electrons. The Hall–Kier alpha value is -0.570. The Morgan fingerprint density at radius 2 is 1.94 bits per heavy atom. The van der Waals surface area contributed by atoms with E-state index in [1.807, 2.05) is 6.92 Å². The van der Waals surface area contributed by atoms with E-state index in [4.69, 9.17) is 5.73 Å². The zero-order valence-corrected chi connectivity index (χ0v) is 11.6. The van der Waals surface area contributed by atoms with E-state index in [0.29, 0.717) is 5.41 Å².